The lowest BCUT2D eigenvalue weighted by Crippen LogP contribution is -2.16. The van der Waals surface area contributed by atoms with Crippen LogP contribution in [0.4, 0.5) is 13.2 Å². The molecule has 0 aliphatic rings. The van der Waals surface area contributed by atoms with Gasteiger partial charge in [0.25, 0.3) is 5.91 Å². The minimum absolute atomic E-state index is 0.213. The van der Waals surface area contributed by atoms with Crippen LogP contribution in [0.5, 0.6) is 5.75 Å². The molecule has 3 rings (SSSR count). The molecule has 0 spiro atoms. The number of carbonyl (C=O) groups is 1. The Kier molecular flexibility index (Phi) is 4.42. The maximum absolute atomic E-state index is 14.0. The molecule has 0 fully saturated rings. The zero-order chi connectivity index (χ0) is 18.0. The lowest BCUT2D eigenvalue weighted by Gasteiger charge is -2.08. The first-order valence-corrected chi connectivity index (χ1v) is 7.08. The highest BCUT2D eigenvalue weighted by Gasteiger charge is 2.19. The molecule has 0 atom stereocenters. The Morgan fingerprint density at radius 3 is 2.52 bits per heavy atom. The van der Waals surface area contributed by atoms with Crippen LogP contribution in [0.25, 0.3) is 11.3 Å². The van der Waals surface area contributed by atoms with Crippen LogP contribution in [-0.4, -0.2) is 11.1 Å². The van der Waals surface area contributed by atoms with Crippen molar-refractivity contribution in [1.82, 2.24) is 5.16 Å². The van der Waals surface area contributed by atoms with E-state index in [9.17, 15) is 18.0 Å². The molecule has 0 aliphatic heterocycles. The third kappa shape index (κ3) is 3.47. The molecule has 1 heterocycles. The molecule has 0 unspecified atom stereocenters. The number of nitrogens with zero attached hydrogens (tertiary/aromatic N) is 1. The standard InChI is InChI=1S/C17H11F3N2O3/c18-10-3-1-9(2-4-10)13-7-11(25-22-13)8-24-14-6-5-12(19)15(16(14)20)17(21)23/h1-7H,8H2,(H2,21,23). The van der Waals surface area contributed by atoms with E-state index in [1.54, 1.807) is 0 Å². The van der Waals surface area contributed by atoms with E-state index in [1.165, 1.54) is 30.3 Å². The fraction of sp³-hybridized carbons (Fsp3) is 0.0588. The minimum Gasteiger partial charge on any atom is -0.482 e. The predicted molar refractivity (Wildman–Crippen MR) is 81.1 cm³/mol. The topological polar surface area (TPSA) is 78.4 Å². The lowest BCUT2D eigenvalue weighted by molar-refractivity contribution is 0.0991. The second-order valence-electron chi connectivity index (χ2n) is 5.07. The van der Waals surface area contributed by atoms with E-state index in [4.69, 9.17) is 15.0 Å². The number of aromatic nitrogens is 1. The second kappa shape index (κ2) is 6.68. The molecule has 0 bridgehead atoms. The number of amides is 1. The van der Waals surface area contributed by atoms with E-state index < -0.39 is 23.1 Å². The van der Waals surface area contributed by atoms with Crippen LogP contribution in [0, 0.1) is 17.5 Å². The molecule has 128 valence electrons. The van der Waals surface area contributed by atoms with Crippen LogP contribution < -0.4 is 10.5 Å². The van der Waals surface area contributed by atoms with Gasteiger partial charge in [0.1, 0.15) is 29.5 Å². The van der Waals surface area contributed by atoms with Crippen LogP contribution in [0.15, 0.2) is 47.0 Å². The number of hydrogen-bond donors (Lipinski definition) is 1. The molecule has 0 saturated heterocycles. The first kappa shape index (κ1) is 16.6. The van der Waals surface area contributed by atoms with Crippen LogP contribution in [0.2, 0.25) is 0 Å². The van der Waals surface area contributed by atoms with Gasteiger partial charge in [-0.05, 0) is 36.4 Å². The van der Waals surface area contributed by atoms with Gasteiger partial charge in [-0.25, -0.2) is 13.2 Å². The Bertz CT molecular complexity index is 923. The summed E-state index contributed by atoms with van der Waals surface area (Å²) < 4.78 is 50.6. The number of rotatable bonds is 5. The van der Waals surface area contributed by atoms with Crippen molar-refractivity contribution in [2.75, 3.05) is 0 Å². The molecular formula is C17H11F3N2O3. The minimum atomic E-state index is -1.24. The Balaban J connectivity index is 1.76. The summed E-state index contributed by atoms with van der Waals surface area (Å²) in [6.45, 7) is -0.213. The summed E-state index contributed by atoms with van der Waals surface area (Å²) in [5.74, 6) is -3.98. The number of halogens is 3. The van der Waals surface area contributed by atoms with Gasteiger partial charge in [0, 0.05) is 11.6 Å². The fourth-order valence-corrected chi connectivity index (χ4v) is 2.16. The highest BCUT2D eigenvalue weighted by molar-refractivity contribution is 5.93. The predicted octanol–water partition coefficient (Wildman–Crippen LogP) is 3.44. The van der Waals surface area contributed by atoms with Gasteiger partial charge in [0.05, 0.1) is 0 Å². The van der Waals surface area contributed by atoms with Crippen molar-refractivity contribution >= 4 is 5.91 Å². The summed E-state index contributed by atoms with van der Waals surface area (Å²) >= 11 is 0. The van der Waals surface area contributed by atoms with Crippen molar-refractivity contribution in [3.05, 3.63) is 71.2 Å². The van der Waals surface area contributed by atoms with Crippen molar-refractivity contribution in [2.24, 2.45) is 5.73 Å². The first-order chi connectivity index (χ1) is 12.0. The summed E-state index contributed by atoms with van der Waals surface area (Å²) in [6.07, 6.45) is 0. The van der Waals surface area contributed by atoms with Crippen molar-refractivity contribution in [3.63, 3.8) is 0 Å². The molecule has 5 nitrogen and oxygen atoms in total. The van der Waals surface area contributed by atoms with Gasteiger partial charge in [0.15, 0.2) is 17.3 Å². The van der Waals surface area contributed by atoms with Gasteiger partial charge in [0.2, 0.25) is 0 Å². The fourth-order valence-electron chi connectivity index (χ4n) is 2.16. The summed E-state index contributed by atoms with van der Waals surface area (Å²) in [4.78, 5) is 11.1. The summed E-state index contributed by atoms with van der Waals surface area (Å²) in [7, 11) is 0. The first-order valence-electron chi connectivity index (χ1n) is 7.08. The quantitative estimate of drug-likeness (QED) is 0.766. The van der Waals surface area contributed by atoms with Crippen molar-refractivity contribution in [1.29, 1.82) is 0 Å². The monoisotopic (exact) mass is 348 g/mol. The zero-order valence-corrected chi connectivity index (χ0v) is 12.6. The van der Waals surface area contributed by atoms with Gasteiger partial charge in [-0.1, -0.05) is 5.16 Å². The Morgan fingerprint density at radius 1 is 1.12 bits per heavy atom. The second-order valence-corrected chi connectivity index (χ2v) is 5.07. The number of benzene rings is 2. The zero-order valence-electron chi connectivity index (χ0n) is 12.6. The van der Waals surface area contributed by atoms with E-state index in [-0.39, 0.29) is 23.9 Å². The van der Waals surface area contributed by atoms with Crippen LogP contribution >= 0.6 is 0 Å². The van der Waals surface area contributed by atoms with E-state index in [1.807, 2.05) is 0 Å². The molecule has 0 saturated carbocycles. The van der Waals surface area contributed by atoms with E-state index >= 15 is 0 Å². The highest BCUT2D eigenvalue weighted by Crippen LogP contribution is 2.25. The molecule has 0 aliphatic carbocycles. The average molecular weight is 348 g/mol. The Hall–Kier alpha value is -3.29. The third-order valence-corrected chi connectivity index (χ3v) is 3.37. The largest absolute Gasteiger partial charge is 0.482 e. The van der Waals surface area contributed by atoms with Crippen molar-refractivity contribution in [2.45, 2.75) is 6.61 Å². The third-order valence-electron chi connectivity index (χ3n) is 3.37. The normalized spacial score (nSPS) is 10.7. The number of primary amides is 1. The van der Waals surface area contributed by atoms with Crippen LogP contribution in [0.1, 0.15) is 16.1 Å². The average Bonchev–Trinajstić information content (AvgIpc) is 3.03. The molecular weight excluding hydrogens is 337 g/mol. The van der Waals surface area contributed by atoms with Gasteiger partial charge in [-0.15, -0.1) is 0 Å². The number of hydrogen-bond acceptors (Lipinski definition) is 4. The maximum Gasteiger partial charge on any atom is 0.254 e. The van der Waals surface area contributed by atoms with E-state index in [0.717, 1.165) is 12.1 Å². The molecule has 3 aromatic rings. The number of nitrogens with two attached hydrogens (primary N) is 1. The highest BCUT2D eigenvalue weighted by atomic mass is 19.1. The SMILES string of the molecule is NC(=O)c1c(F)ccc(OCc2cc(-c3ccc(F)cc3)no2)c1F. The summed E-state index contributed by atoms with van der Waals surface area (Å²) in [5.41, 5.74) is 5.13. The van der Waals surface area contributed by atoms with E-state index in [0.29, 0.717) is 11.3 Å². The number of carbonyl (C=O) groups excluding carboxylic acids is 1. The molecule has 8 heteroatoms. The van der Waals surface area contributed by atoms with Crippen molar-refractivity contribution < 1.29 is 27.2 Å². The summed E-state index contributed by atoms with van der Waals surface area (Å²) in [5, 5.41) is 3.81. The summed E-state index contributed by atoms with van der Waals surface area (Å²) in [6, 6.07) is 9.05. The van der Waals surface area contributed by atoms with Crippen LogP contribution in [-0.2, 0) is 6.61 Å². The van der Waals surface area contributed by atoms with Gasteiger partial charge >= 0.3 is 0 Å². The molecule has 2 aromatic carbocycles. The Labute approximate surface area is 139 Å². The van der Waals surface area contributed by atoms with Crippen LogP contribution in [0.3, 0.4) is 0 Å². The smallest absolute Gasteiger partial charge is 0.254 e. The lowest BCUT2D eigenvalue weighted by atomic mass is 10.1. The molecule has 1 amide bonds. The van der Waals surface area contributed by atoms with Gasteiger partial charge < -0.3 is 15.0 Å². The maximum atomic E-state index is 14.0. The number of ether oxygens (including phenoxy) is 1. The van der Waals surface area contributed by atoms with Crippen molar-refractivity contribution in [3.8, 4) is 17.0 Å². The molecule has 1 aromatic heterocycles. The van der Waals surface area contributed by atoms with E-state index in [2.05, 4.69) is 5.16 Å². The van der Waals surface area contributed by atoms with Gasteiger partial charge in [-0.2, -0.15) is 0 Å². The molecule has 25 heavy (non-hydrogen) atoms. The molecule has 2 N–H and O–H groups in total. The molecule has 0 radical (unpaired) electrons. The van der Waals surface area contributed by atoms with Gasteiger partial charge in [-0.3, -0.25) is 4.79 Å². The Morgan fingerprint density at radius 2 is 1.84 bits per heavy atom.